The highest BCUT2D eigenvalue weighted by Crippen LogP contribution is 2.11. The summed E-state index contributed by atoms with van der Waals surface area (Å²) in [6, 6.07) is 6.95. The highest BCUT2D eigenvalue weighted by Gasteiger charge is 2.09. The number of nitrogens with one attached hydrogen (secondary N) is 1. The first kappa shape index (κ1) is 12.2. The second kappa shape index (κ2) is 5.85. The van der Waals surface area contributed by atoms with Gasteiger partial charge >= 0.3 is 5.97 Å². The van der Waals surface area contributed by atoms with Crippen molar-refractivity contribution < 1.29 is 9.90 Å². The van der Waals surface area contributed by atoms with E-state index in [0.717, 1.165) is 10.0 Å². The van der Waals surface area contributed by atoms with Crippen LogP contribution in [0.4, 0.5) is 0 Å². The van der Waals surface area contributed by atoms with Crippen LogP contribution in [0.5, 0.6) is 0 Å². The second-order valence-electron chi connectivity index (χ2n) is 3.21. The third kappa shape index (κ3) is 4.42. The molecule has 0 heterocycles. The Morgan fingerprint density at radius 3 is 2.93 bits per heavy atom. The van der Waals surface area contributed by atoms with Crippen molar-refractivity contribution in [1.29, 1.82) is 0 Å². The summed E-state index contributed by atoms with van der Waals surface area (Å²) >= 11 is 3.36. The lowest BCUT2D eigenvalue weighted by Crippen LogP contribution is -2.40. The van der Waals surface area contributed by atoms with Gasteiger partial charge in [0.1, 0.15) is 6.04 Å². The number of benzene rings is 1. The van der Waals surface area contributed by atoms with Crippen molar-refractivity contribution in [3.8, 4) is 0 Å². The molecule has 0 radical (unpaired) electrons. The fraction of sp³-hybridized carbons (Fsp3) is 0.300. The van der Waals surface area contributed by atoms with Gasteiger partial charge in [0.15, 0.2) is 0 Å². The quantitative estimate of drug-likeness (QED) is 0.746. The van der Waals surface area contributed by atoms with E-state index < -0.39 is 12.0 Å². The maximum Gasteiger partial charge on any atom is 0.321 e. The molecule has 0 spiro atoms. The molecule has 0 aromatic heterocycles. The van der Waals surface area contributed by atoms with Crippen LogP contribution in [0.15, 0.2) is 28.7 Å². The summed E-state index contributed by atoms with van der Waals surface area (Å²) in [5.74, 6) is -0.989. The summed E-state index contributed by atoms with van der Waals surface area (Å²) in [5, 5.41) is 11.5. The zero-order valence-electron chi connectivity index (χ0n) is 8.11. The molecular formula is C10H13BrN2O2. The van der Waals surface area contributed by atoms with Gasteiger partial charge in [-0.3, -0.25) is 4.79 Å². The van der Waals surface area contributed by atoms with Crippen LogP contribution in [-0.4, -0.2) is 23.7 Å². The highest BCUT2D eigenvalue weighted by molar-refractivity contribution is 9.10. The number of halogens is 1. The van der Waals surface area contributed by atoms with E-state index in [0.29, 0.717) is 6.54 Å². The van der Waals surface area contributed by atoms with E-state index in [2.05, 4.69) is 21.2 Å². The summed E-state index contributed by atoms with van der Waals surface area (Å²) < 4.78 is 1.00. The molecule has 4 N–H and O–H groups in total. The van der Waals surface area contributed by atoms with Gasteiger partial charge in [0, 0.05) is 17.6 Å². The van der Waals surface area contributed by atoms with Crippen molar-refractivity contribution in [2.45, 2.75) is 12.6 Å². The number of hydrogen-bond acceptors (Lipinski definition) is 3. The van der Waals surface area contributed by atoms with Gasteiger partial charge < -0.3 is 16.2 Å². The molecule has 0 aliphatic rings. The Balaban J connectivity index is 2.35. The monoisotopic (exact) mass is 272 g/mol. The molecule has 5 heteroatoms. The minimum Gasteiger partial charge on any atom is -0.480 e. The van der Waals surface area contributed by atoms with E-state index in [9.17, 15) is 4.79 Å². The predicted octanol–water partition coefficient (Wildman–Crippen LogP) is 0.951. The van der Waals surface area contributed by atoms with Crippen LogP contribution in [0.2, 0.25) is 0 Å². The van der Waals surface area contributed by atoms with Crippen molar-refractivity contribution in [2.24, 2.45) is 5.73 Å². The molecule has 82 valence electrons. The Kier molecular flexibility index (Phi) is 4.74. The Bertz CT molecular complexity index is 344. The molecule has 4 nitrogen and oxygen atoms in total. The van der Waals surface area contributed by atoms with E-state index in [1.807, 2.05) is 24.3 Å². The number of rotatable bonds is 5. The largest absolute Gasteiger partial charge is 0.480 e. The first-order chi connectivity index (χ1) is 7.09. The van der Waals surface area contributed by atoms with Gasteiger partial charge in [-0.2, -0.15) is 0 Å². The summed E-state index contributed by atoms with van der Waals surface area (Å²) in [6.07, 6.45) is 0. The number of carboxylic acid groups (broad SMARTS) is 1. The van der Waals surface area contributed by atoms with Crippen LogP contribution in [0, 0.1) is 0 Å². The summed E-state index contributed by atoms with van der Waals surface area (Å²) in [7, 11) is 0. The average molecular weight is 273 g/mol. The van der Waals surface area contributed by atoms with Crippen LogP contribution in [0.1, 0.15) is 5.56 Å². The lowest BCUT2D eigenvalue weighted by atomic mass is 10.2. The second-order valence-corrected chi connectivity index (χ2v) is 4.12. The first-order valence-electron chi connectivity index (χ1n) is 4.53. The fourth-order valence-electron chi connectivity index (χ4n) is 1.11. The summed E-state index contributed by atoms with van der Waals surface area (Å²) in [5.41, 5.74) is 6.42. The third-order valence-electron chi connectivity index (χ3n) is 1.90. The minimum atomic E-state index is -0.989. The molecule has 0 aliphatic heterocycles. The molecule has 0 aliphatic carbocycles. The minimum absolute atomic E-state index is 0.266. The van der Waals surface area contributed by atoms with Crippen molar-refractivity contribution in [3.05, 3.63) is 34.3 Å². The lowest BCUT2D eigenvalue weighted by molar-refractivity contribution is -0.138. The molecule has 15 heavy (non-hydrogen) atoms. The summed E-state index contributed by atoms with van der Waals surface area (Å²) in [6.45, 7) is 0.877. The maximum absolute atomic E-state index is 10.4. The van der Waals surface area contributed by atoms with Gasteiger partial charge in [-0.05, 0) is 17.7 Å². The molecule has 1 aromatic carbocycles. The molecular weight excluding hydrogens is 260 g/mol. The number of carbonyl (C=O) groups is 1. The van der Waals surface area contributed by atoms with E-state index in [1.165, 1.54) is 0 Å². The Hall–Kier alpha value is -0.910. The summed E-state index contributed by atoms with van der Waals surface area (Å²) in [4.78, 5) is 10.4. The van der Waals surface area contributed by atoms with Crippen LogP contribution >= 0.6 is 15.9 Å². The van der Waals surface area contributed by atoms with Crippen molar-refractivity contribution in [2.75, 3.05) is 6.54 Å². The van der Waals surface area contributed by atoms with Crippen LogP contribution < -0.4 is 11.1 Å². The van der Waals surface area contributed by atoms with Crippen molar-refractivity contribution in [3.63, 3.8) is 0 Å². The number of hydrogen-bond donors (Lipinski definition) is 3. The van der Waals surface area contributed by atoms with Crippen LogP contribution in [0.25, 0.3) is 0 Å². The lowest BCUT2D eigenvalue weighted by Gasteiger charge is -2.08. The first-order valence-corrected chi connectivity index (χ1v) is 5.32. The molecule has 1 unspecified atom stereocenters. The van der Waals surface area contributed by atoms with E-state index in [4.69, 9.17) is 10.8 Å². The van der Waals surface area contributed by atoms with Crippen molar-refractivity contribution >= 4 is 21.9 Å². The fourth-order valence-corrected chi connectivity index (χ4v) is 1.55. The maximum atomic E-state index is 10.4. The SMILES string of the molecule is NC(CNCc1cccc(Br)c1)C(=O)O. The smallest absolute Gasteiger partial charge is 0.321 e. The van der Waals surface area contributed by atoms with Gasteiger partial charge in [0.25, 0.3) is 0 Å². The number of aliphatic carboxylic acids is 1. The molecule has 0 saturated carbocycles. The van der Waals surface area contributed by atoms with Gasteiger partial charge in [-0.1, -0.05) is 28.1 Å². The topological polar surface area (TPSA) is 75.3 Å². The molecule has 1 rings (SSSR count). The average Bonchev–Trinajstić information content (AvgIpc) is 2.17. The predicted molar refractivity (Wildman–Crippen MR) is 61.5 cm³/mol. The van der Waals surface area contributed by atoms with E-state index in [-0.39, 0.29) is 6.54 Å². The standard InChI is InChI=1S/C10H13BrN2O2/c11-8-3-1-2-7(4-8)5-13-6-9(12)10(14)15/h1-4,9,13H,5-6,12H2,(H,14,15). The van der Waals surface area contributed by atoms with Gasteiger partial charge in [-0.15, -0.1) is 0 Å². The number of carboxylic acids is 1. The van der Waals surface area contributed by atoms with Gasteiger partial charge in [0.05, 0.1) is 0 Å². The molecule has 0 bridgehead atoms. The van der Waals surface area contributed by atoms with Gasteiger partial charge in [0.2, 0.25) is 0 Å². The molecule has 1 aromatic rings. The Labute approximate surface area is 96.6 Å². The van der Waals surface area contributed by atoms with E-state index in [1.54, 1.807) is 0 Å². The molecule has 0 amide bonds. The highest BCUT2D eigenvalue weighted by atomic mass is 79.9. The van der Waals surface area contributed by atoms with Crippen LogP contribution in [-0.2, 0) is 11.3 Å². The Morgan fingerprint density at radius 1 is 1.60 bits per heavy atom. The van der Waals surface area contributed by atoms with E-state index >= 15 is 0 Å². The molecule has 0 fully saturated rings. The third-order valence-corrected chi connectivity index (χ3v) is 2.39. The van der Waals surface area contributed by atoms with Crippen LogP contribution in [0.3, 0.4) is 0 Å². The number of nitrogens with two attached hydrogens (primary N) is 1. The van der Waals surface area contributed by atoms with Crippen molar-refractivity contribution in [1.82, 2.24) is 5.32 Å². The molecule has 1 atom stereocenters. The zero-order valence-corrected chi connectivity index (χ0v) is 9.70. The normalized spacial score (nSPS) is 12.4. The zero-order chi connectivity index (χ0) is 11.3. The Morgan fingerprint density at radius 2 is 2.33 bits per heavy atom. The molecule has 0 saturated heterocycles. The van der Waals surface area contributed by atoms with Gasteiger partial charge in [-0.25, -0.2) is 0 Å².